The van der Waals surface area contributed by atoms with Crippen LogP contribution in [0.3, 0.4) is 0 Å². The molecule has 0 bridgehead atoms. The molecule has 0 heterocycles. The zero-order chi connectivity index (χ0) is 13.9. The Morgan fingerprint density at radius 2 is 1.89 bits per heavy atom. The van der Waals surface area contributed by atoms with Crippen molar-refractivity contribution in [1.29, 1.82) is 0 Å². The smallest absolute Gasteiger partial charge is 0.407 e. The van der Waals surface area contributed by atoms with Crippen molar-refractivity contribution in [1.82, 2.24) is 4.90 Å². The number of carbonyl (C=O) groups is 1. The summed E-state index contributed by atoms with van der Waals surface area (Å²) in [6, 6.07) is 6.76. The van der Waals surface area contributed by atoms with Crippen molar-refractivity contribution in [2.75, 3.05) is 6.54 Å². The van der Waals surface area contributed by atoms with E-state index < -0.39 is 11.6 Å². The lowest BCUT2D eigenvalue weighted by Gasteiger charge is -2.35. The van der Waals surface area contributed by atoms with Gasteiger partial charge in [0.2, 0.25) is 0 Å². The van der Waals surface area contributed by atoms with Gasteiger partial charge in [-0.2, -0.15) is 0 Å². The van der Waals surface area contributed by atoms with Crippen LogP contribution in [0.25, 0.3) is 0 Å². The first-order chi connectivity index (χ1) is 8.21. The lowest BCUT2D eigenvalue weighted by atomic mass is 10.0. The Labute approximate surface area is 112 Å². The molecule has 0 aliphatic heterocycles. The number of amides is 1. The first kappa shape index (κ1) is 14.8. The fraction of sp³-hybridized carbons (Fsp3) is 0.462. The van der Waals surface area contributed by atoms with E-state index in [1.807, 2.05) is 32.9 Å². The number of hydrogen-bond donors (Lipinski definition) is 2. The van der Waals surface area contributed by atoms with Gasteiger partial charge in [-0.3, -0.25) is 0 Å². The number of halogens is 1. The van der Waals surface area contributed by atoms with Crippen LogP contribution >= 0.6 is 11.6 Å². The highest BCUT2D eigenvalue weighted by Crippen LogP contribution is 2.20. The minimum absolute atomic E-state index is 0.250. The predicted molar refractivity (Wildman–Crippen MR) is 72.9 cm³/mol. The summed E-state index contributed by atoms with van der Waals surface area (Å²) >= 11 is 5.80. The monoisotopic (exact) mass is 270 g/mol. The Morgan fingerprint density at radius 1 is 1.39 bits per heavy atom. The second kappa shape index (κ2) is 5.59. The Hall–Kier alpha value is -1.26. The molecule has 0 aromatic heterocycles. The maximum atomic E-state index is 11.2. The largest absolute Gasteiger partial charge is 0.465 e. The average Bonchev–Trinajstić information content (AvgIpc) is 2.24. The molecule has 100 valence electrons. The molecule has 0 saturated heterocycles. The SMILES string of the molecule is CC(C)(C)N(CC(N)c1ccc(Cl)cc1)C(=O)O. The van der Waals surface area contributed by atoms with E-state index in [2.05, 4.69) is 0 Å². The summed E-state index contributed by atoms with van der Waals surface area (Å²) in [7, 11) is 0. The van der Waals surface area contributed by atoms with Gasteiger partial charge in [-0.25, -0.2) is 4.79 Å². The number of rotatable bonds is 3. The number of carboxylic acid groups (broad SMARTS) is 1. The van der Waals surface area contributed by atoms with Gasteiger partial charge in [-0.1, -0.05) is 23.7 Å². The van der Waals surface area contributed by atoms with E-state index in [1.165, 1.54) is 4.90 Å². The molecule has 1 atom stereocenters. The van der Waals surface area contributed by atoms with Crippen LogP contribution in [0.5, 0.6) is 0 Å². The Bertz CT molecular complexity index is 412. The molecule has 1 unspecified atom stereocenters. The van der Waals surface area contributed by atoms with E-state index in [4.69, 9.17) is 17.3 Å². The second-order valence-electron chi connectivity index (χ2n) is 5.22. The Kier molecular flexibility index (Phi) is 4.59. The highest BCUT2D eigenvalue weighted by molar-refractivity contribution is 6.30. The van der Waals surface area contributed by atoms with Crippen molar-refractivity contribution in [3.05, 3.63) is 34.9 Å². The van der Waals surface area contributed by atoms with E-state index in [9.17, 15) is 9.90 Å². The van der Waals surface area contributed by atoms with Crippen molar-refractivity contribution in [2.24, 2.45) is 5.73 Å². The standard InChI is InChI=1S/C13H19ClN2O2/c1-13(2,3)16(12(17)18)8-11(15)9-4-6-10(14)7-5-9/h4-7,11H,8,15H2,1-3H3,(H,17,18). The molecule has 1 aromatic rings. The predicted octanol–water partition coefficient (Wildman–Crippen LogP) is 3.12. The third-order valence-electron chi connectivity index (χ3n) is 2.72. The van der Waals surface area contributed by atoms with Gasteiger partial charge in [-0.05, 0) is 38.5 Å². The topological polar surface area (TPSA) is 66.6 Å². The van der Waals surface area contributed by atoms with Gasteiger partial charge in [0.1, 0.15) is 0 Å². The summed E-state index contributed by atoms with van der Waals surface area (Å²) in [4.78, 5) is 12.6. The molecule has 3 N–H and O–H groups in total. The van der Waals surface area contributed by atoms with Crippen LogP contribution in [0, 0.1) is 0 Å². The molecule has 0 fully saturated rings. The minimum Gasteiger partial charge on any atom is -0.465 e. The van der Waals surface area contributed by atoms with Crippen molar-refractivity contribution in [2.45, 2.75) is 32.4 Å². The van der Waals surface area contributed by atoms with E-state index >= 15 is 0 Å². The number of benzene rings is 1. The van der Waals surface area contributed by atoms with Crippen molar-refractivity contribution in [3.8, 4) is 0 Å². The van der Waals surface area contributed by atoms with E-state index in [-0.39, 0.29) is 12.6 Å². The molecule has 1 aromatic carbocycles. The Morgan fingerprint density at radius 3 is 2.28 bits per heavy atom. The average molecular weight is 271 g/mol. The van der Waals surface area contributed by atoms with E-state index in [0.29, 0.717) is 5.02 Å². The van der Waals surface area contributed by atoms with Crippen LogP contribution in [0.4, 0.5) is 4.79 Å². The molecule has 18 heavy (non-hydrogen) atoms. The summed E-state index contributed by atoms with van der Waals surface area (Å²) in [6.07, 6.45) is -0.966. The minimum atomic E-state index is -0.966. The van der Waals surface area contributed by atoms with Gasteiger partial charge in [0, 0.05) is 23.1 Å². The molecule has 0 aliphatic rings. The van der Waals surface area contributed by atoms with Crippen LogP contribution in [-0.2, 0) is 0 Å². The summed E-state index contributed by atoms with van der Waals surface area (Å²) in [5.41, 5.74) is 6.43. The molecule has 1 rings (SSSR count). The third kappa shape index (κ3) is 3.89. The van der Waals surface area contributed by atoms with E-state index in [1.54, 1.807) is 12.1 Å². The molecular weight excluding hydrogens is 252 g/mol. The third-order valence-corrected chi connectivity index (χ3v) is 2.97. The number of nitrogens with zero attached hydrogens (tertiary/aromatic N) is 1. The van der Waals surface area contributed by atoms with Crippen molar-refractivity contribution < 1.29 is 9.90 Å². The lowest BCUT2D eigenvalue weighted by molar-refractivity contribution is 0.0960. The molecular formula is C13H19ClN2O2. The maximum absolute atomic E-state index is 11.2. The molecule has 1 amide bonds. The lowest BCUT2D eigenvalue weighted by Crippen LogP contribution is -2.48. The van der Waals surface area contributed by atoms with Crippen LogP contribution < -0.4 is 5.73 Å². The van der Waals surface area contributed by atoms with Crippen LogP contribution in [0.2, 0.25) is 5.02 Å². The van der Waals surface area contributed by atoms with Crippen LogP contribution in [0.15, 0.2) is 24.3 Å². The number of nitrogens with two attached hydrogens (primary N) is 1. The van der Waals surface area contributed by atoms with Gasteiger partial charge in [0.15, 0.2) is 0 Å². The molecule has 0 saturated carbocycles. The summed E-state index contributed by atoms with van der Waals surface area (Å²) in [5.74, 6) is 0. The second-order valence-corrected chi connectivity index (χ2v) is 5.66. The van der Waals surface area contributed by atoms with Crippen molar-refractivity contribution >= 4 is 17.7 Å². The van der Waals surface area contributed by atoms with E-state index in [0.717, 1.165) is 5.56 Å². The quantitative estimate of drug-likeness (QED) is 0.887. The van der Waals surface area contributed by atoms with Gasteiger partial charge in [0.05, 0.1) is 0 Å². The zero-order valence-corrected chi connectivity index (χ0v) is 11.6. The van der Waals surface area contributed by atoms with Gasteiger partial charge < -0.3 is 15.7 Å². The van der Waals surface area contributed by atoms with Gasteiger partial charge in [-0.15, -0.1) is 0 Å². The van der Waals surface area contributed by atoms with Gasteiger partial charge >= 0.3 is 6.09 Å². The van der Waals surface area contributed by atoms with Crippen molar-refractivity contribution in [3.63, 3.8) is 0 Å². The fourth-order valence-electron chi connectivity index (χ4n) is 1.65. The first-order valence-electron chi connectivity index (χ1n) is 5.73. The molecule has 4 nitrogen and oxygen atoms in total. The summed E-state index contributed by atoms with van der Waals surface area (Å²) < 4.78 is 0. The highest BCUT2D eigenvalue weighted by Gasteiger charge is 2.27. The van der Waals surface area contributed by atoms with Crippen LogP contribution in [-0.4, -0.2) is 28.2 Å². The maximum Gasteiger partial charge on any atom is 0.407 e. The summed E-state index contributed by atoms with van der Waals surface area (Å²) in [5, 5.41) is 9.83. The molecule has 0 radical (unpaired) electrons. The fourth-order valence-corrected chi connectivity index (χ4v) is 1.78. The normalized spacial score (nSPS) is 13.2. The number of hydrogen-bond acceptors (Lipinski definition) is 2. The van der Waals surface area contributed by atoms with Gasteiger partial charge in [0.25, 0.3) is 0 Å². The Balaban J connectivity index is 2.82. The molecule has 0 aliphatic carbocycles. The molecule has 5 heteroatoms. The highest BCUT2D eigenvalue weighted by atomic mass is 35.5. The van der Waals surface area contributed by atoms with Crippen LogP contribution in [0.1, 0.15) is 32.4 Å². The summed E-state index contributed by atoms with van der Waals surface area (Å²) in [6.45, 7) is 5.78. The molecule has 0 spiro atoms. The zero-order valence-electron chi connectivity index (χ0n) is 10.9. The first-order valence-corrected chi connectivity index (χ1v) is 6.11.